The third-order valence-corrected chi connectivity index (χ3v) is 6.35. The summed E-state index contributed by atoms with van der Waals surface area (Å²) in [5.41, 5.74) is 4.57. The molecule has 2 heteroatoms. The Bertz CT molecular complexity index is 522. The van der Waals surface area contributed by atoms with Crippen LogP contribution in [0.2, 0.25) is 0 Å². The van der Waals surface area contributed by atoms with E-state index < -0.39 is 0 Å². The first-order chi connectivity index (χ1) is 11.4. The highest BCUT2D eigenvalue weighted by Crippen LogP contribution is 2.30. The maximum atomic E-state index is 4.92. The number of nitrogens with zero attached hydrogens (tertiary/aromatic N) is 1. The van der Waals surface area contributed by atoms with Crippen molar-refractivity contribution in [2.24, 2.45) is 4.99 Å². The summed E-state index contributed by atoms with van der Waals surface area (Å²) in [6.07, 6.45) is 6.72. The summed E-state index contributed by atoms with van der Waals surface area (Å²) in [6.45, 7) is 13.9. The van der Waals surface area contributed by atoms with Crippen molar-refractivity contribution >= 4 is 19.8 Å². The Labute approximate surface area is 151 Å². The van der Waals surface area contributed by atoms with E-state index in [9.17, 15) is 0 Å². The zero-order valence-corrected chi connectivity index (χ0v) is 17.5. The first kappa shape index (κ1) is 19.6. The molecule has 0 amide bonds. The Morgan fingerprint density at radius 2 is 1.42 bits per heavy atom. The van der Waals surface area contributed by atoms with Crippen molar-refractivity contribution in [1.29, 1.82) is 0 Å². The summed E-state index contributed by atoms with van der Waals surface area (Å²) in [6, 6.07) is 5.50. The zero-order chi connectivity index (χ0) is 17.7. The second-order valence-corrected chi connectivity index (χ2v) is 9.30. The Hall–Kier alpha value is -0.680. The molecule has 1 unspecified atom stereocenters. The van der Waals surface area contributed by atoms with Gasteiger partial charge in [0, 0.05) is 12.0 Å². The summed E-state index contributed by atoms with van der Waals surface area (Å²) in [5, 5.41) is 1.56. The SMILES string of the molecule is CC(C)c1cc(C(C)C)c(PC=NC2CCCCC2)c(C(C)C)c1. The molecule has 0 bridgehead atoms. The Morgan fingerprint density at radius 3 is 1.88 bits per heavy atom. The first-order valence-electron chi connectivity index (χ1n) is 9.86. The van der Waals surface area contributed by atoms with E-state index in [1.165, 1.54) is 37.7 Å². The van der Waals surface area contributed by atoms with Crippen molar-refractivity contribution in [1.82, 2.24) is 0 Å². The molecule has 0 aliphatic heterocycles. The van der Waals surface area contributed by atoms with Gasteiger partial charge in [-0.2, -0.15) is 0 Å². The fourth-order valence-electron chi connectivity index (χ4n) is 3.56. The topological polar surface area (TPSA) is 12.4 Å². The molecule has 1 aromatic carbocycles. The van der Waals surface area contributed by atoms with Crippen LogP contribution in [-0.4, -0.2) is 12.0 Å². The summed E-state index contributed by atoms with van der Waals surface area (Å²) in [4.78, 5) is 4.92. The third-order valence-electron chi connectivity index (χ3n) is 5.20. The van der Waals surface area contributed by atoms with Crippen molar-refractivity contribution in [2.45, 2.75) is 97.4 Å². The molecule has 0 N–H and O–H groups in total. The van der Waals surface area contributed by atoms with Crippen LogP contribution in [0.5, 0.6) is 0 Å². The van der Waals surface area contributed by atoms with Gasteiger partial charge in [-0.15, -0.1) is 0 Å². The van der Waals surface area contributed by atoms with E-state index in [2.05, 4.69) is 59.6 Å². The van der Waals surface area contributed by atoms with Crippen molar-refractivity contribution in [3.63, 3.8) is 0 Å². The van der Waals surface area contributed by atoms with Crippen molar-refractivity contribution in [2.75, 3.05) is 0 Å². The minimum atomic E-state index is 0.576. The lowest BCUT2D eigenvalue weighted by atomic mass is 9.89. The average molecular weight is 346 g/mol. The zero-order valence-electron chi connectivity index (χ0n) is 16.5. The summed E-state index contributed by atoms with van der Waals surface area (Å²) >= 11 is 0. The van der Waals surface area contributed by atoms with Gasteiger partial charge in [0.15, 0.2) is 0 Å². The van der Waals surface area contributed by atoms with Crippen molar-refractivity contribution in [3.8, 4) is 0 Å². The van der Waals surface area contributed by atoms with E-state index in [-0.39, 0.29) is 0 Å². The number of hydrogen-bond donors (Lipinski definition) is 0. The van der Waals surface area contributed by atoms with Crippen LogP contribution in [0.15, 0.2) is 17.1 Å². The van der Waals surface area contributed by atoms with Gasteiger partial charge in [-0.25, -0.2) is 0 Å². The van der Waals surface area contributed by atoms with E-state index in [0.717, 1.165) is 0 Å². The molecule has 1 aromatic rings. The first-order valence-corrected chi connectivity index (χ1v) is 10.9. The molecule has 1 fully saturated rings. The van der Waals surface area contributed by atoms with Crippen LogP contribution in [0.4, 0.5) is 0 Å². The molecule has 1 aliphatic rings. The molecule has 1 atom stereocenters. The lowest BCUT2D eigenvalue weighted by molar-refractivity contribution is 0.445. The predicted molar refractivity (Wildman–Crippen MR) is 112 cm³/mol. The van der Waals surface area contributed by atoms with Gasteiger partial charge >= 0.3 is 0 Å². The molecule has 2 rings (SSSR count). The number of rotatable bonds is 6. The Balaban J connectivity index is 2.29. The Kier molecular flexibility index (Phi) is 7.48. The quantitative estimate of drug-likeness (QED) is 0.401. The highest BCUT2D eigenvalue weighted by Gasteiger charge is 2.17. The monoisotopic (exact) mass is 345 g/mol. The van der Waals surface area contributed by atoms with Crippen LogP contribution in [0, 0.1) is 0 Å². The summed E-state index contributed by atoms with van der Waals surface area (Å²) in [7, 11) is 0.710. The number of aliphatic imine (C=N–C) groups is 1. The third kappa shape index (κ3) is 5.16. The molecule has 24 heavy (non-hydrogen) atoms. The fourth-order valence-corrected chi connectivity index (χ4v) is 5.03. The average Bonchev–Trinajstić information content (AvgIpc) is 2.55. The van der Waals surface area contributed by atoms with Crippen LogP contribution in [0.25, 0.3) is 0 Å². The molecule has 0 aromatic heterocycles. The standard InChI is InChI=1S/C22H36NP/c1-15(2)18-12-20(16(3)4)22(21(13-18)17(5)6)24-14-23-19-10-8-7-9-11-19/h12-17,19,24H,7-11H2,1-6H3. The minimum absolute atomic E-state index is 0.576. The van der Waals surface area contributed by atoms with Gasteiger partial charge in [-0.05, 0) is 61.2 Å². The molecular formula is C22H36NP. The molecule has 1 saturated carbocycles. The highest BCUT2D eigenvalue weighted by molar-refractivity contribution is 7.63. The number of hydrogen-bond acceptors (Lipinski definition) is 1. The minimum Gasteiger partial charge on any atom is -0.289 e. The second kappa shape index (κ2) is 9.14. The molecule has 0 saturated heterocycles. The normalized spacial score (nSPS) is 17.4. The number of benzene rings is 1. The van der Waals surface area contributed by atoms with E-state index in [4.69, 9.17) is 4.99 Å². The van der Waals surface area contributed by atoms with Gasteiger partial charge in [0.1, 0.15) is 0 Å². The summed E-state index contributed by atoms with van der Waals surface area (Å²) < 4.78 is 0. The molecule has 0 spiro atoms. The highest BCUT2D eigenvalue weighted by atomic mass is 31.1. The second-order valence-electron chi connectivity index (χ2n) is 8.25. The molecular weight excluding hydrogens is 309 g/mol. The van der Waals surface area contributed by atoms with Gasteiger partial charge in [0.2, 0.25) is 0 Å². The largest absolute Gasteiger partial charge is 0.289 e. The maximum Gasteiger partial charge on any atom is 0.0500 e. The van der Waals surface area contributed by atoms with Gasteiger partial charge in [0.25, 0.3) is 0 Å². The van der Waals surface area contributed by atoms with Gasteiger partial charge < -0.3 is 0 Å². The van der Waals surface area contributed by atoms with Gasteiger partial charge in [-0.1, -0.05) is 72.9 Å². The van der Waals surface area contributed by atoms with Gasteiger partial charge in [0.05, 0.1) is 0 Å². The predicted octanol–water partition coefficient (Wildman–Crippen LogP) is 6.72. The molecule has 1 nitrogen and oxygen atoms in total. The van der Waals surface area contributed by atoms with E-state index in [0.29, 0.717) is 32.4 Å². The summed E-state index contributed by atoms with van der Waals surface area (Å²) in [5.74, 6) is 3.99. The smallest absolute Gasteiger partial charge is 0.0500 e. The van der Waals surface area contributed by atoms with E-state index in [1.54, 1.807) is 16.4 Å². The lowest BCUT2D eigenvalue weighted by Gasteiger charge is -2.22. The molecule has 1 aliphatic carbocycles. The van der Waals surface area contributed by atoms with Crippen LogP contribution >= 0.6 is 8.58 Å². The van der Waals surface area contributed by atoms with Crippen molar-refractivity contribution in [3.05, 3.63) is 28.8 Å². The molecule has 0 radical (unpaired) electrons. The molecule has 0 heterocycles. The van der Waals surface area contributed by atoms with Crippen molar-refractivity contribution < 1.29 is 0 Å². The van der Waals surface area contributed by atoms with Crippen LogP contribution in [-0.2, 0) is 0 Å². The van der Waals surface area contributed by atoms with Crippen LogP contribution < -0.4 is 5.30 Å². The van der Waals surface area contributed by atoms with Crippen LogP contribution in [0.1, 0.15) is 108 Å². The lowest BCUT2D eigenvalue weighted by Crippen LogP contribution is -2.16. The Morgan fingerprint density at radius 1 is 0.875 bits per heavy atom. The van der Waals surface area contributed by atoms with E-state index in [1.807, 2.05) is 0 Å². The van der Waals surface area contributed by atoms with Gasteiger partial charge in [-0.3, -0.25) is 4.99 Å². The fraction of sp³-hybridized carbons (Fsp3) is 0.682. The maximum absolute atomic E-state index is 4.92. The van der Waals surface area contributed by atoms with E-state index >= 15 is 0 Å². The molecule has 134 valence electrons. The van der Waals surface area contributed by atoms with Crippen LogP contribution in [0.3, 0.4) is 0 Å².